The van der Waals surface area contributed by atoms with Crippen molar-refractivity contribution in [2.45, 2.75) is 13.8 Å². The Labute approximate surface area is 116 Å². The minimum Gasteiger partial charge on any atom is -0.461 e. The van der Waals surface area contributed by atoms with E-state index in [4.69, 9.17) is 0 Å². The predicted molar refractivity (Wildman–Crippen MR) is 74.0 cm³/mol. The van der Waals surface area contributed by atoms with Crippen LogP contribution in [-0.2, 0) is 9.53 Å². The molecule has 20 heavy (non-hydrogen) atoms. The number of nitrogens with zero attached hydrogens (tertiary/aromatic N) is 2. The Morgan fingerprint density at radius 1 is 1.40 bits per heavy atom. The van der Waals surface area contributed by atoms with E-state index < -0.39 is 11.8 Å². The van der Waals surface area contributed by atoms with E-state index in [2.05, 4.69) is 9.84 Å². The summed E-state index contributed by atoms with van der Waals surface area (Å²) in [7, 11) is 0. The molecular formula is C15H15FN2O2. The molecule has 0 radical (unpaired) electrons. The first kappa shape index (κ1) is 14.0. The van der Waals surface area contributed by atoms with Crippen LogP contribution in [0.15, 0.2) is 42.4 Å². The van der Waals surface area contributed by atoms with Gasteiger partial charge in [-0.15, -0.1) is 0 Å². The number of carbonyl (C=O) groups is 1. The zero-order valence-corrected chi connectivity index (χ0v) is 11.3. The maximum absolute atomic E-state index is 13.6. The third kappa shape index (κ3) is 2.93. The van der Waals surface area contributed by atoms with Gasteiger partial charge in [-0.1, -0.05) is 18.2 Å². The number of rotatable bonds is 4. The van der Waals surface area contributed by atoms with Crippen LogP contribution in [0.2, 0.25) is 0 Å². The topological polar surface area (TPSA) is 44.1 Å². The van der Waals surface area contributed by atoms with Gasteiger partial charge in [0.2, 0.25) is 5.83 Å². The number of halogens is 1. The first-order valence-corrected chi connectivity index (χ1v) is 6.28. The highest BCUT2D eigenvalue weighted by molar-refractivity contribution is 5.91. The molecule has 104 valence electrons. The molecule has 1 heterocycles. The minimum absolute atomic E-state index is 0.141. The normalized spacial score (nSPS) is 11.4. The van der Waals surface area contributed by atoms with Gasteiger partial charge in [-0.25, -0.2) is 9.48 Å². The van der Waals surface area contributed by atoms with Gasteiger partial charge < -0.3 is 4.74 Å². The Bertz CT molecular complexity index is 633. The van der Waals surface area contributed by atoms with Crippen molar-refractivity contribution in [1.29, 1.82) is 0 Å². The van der Waals surface area contributed by atoms with Crippen molar-refractivity contribution in [2.24, 2.45) is 0 Å². The second-order valence-corrected chi connectivity index (χ2v) is 4.15. The Morgan fingerprint density at radius 2 is 2.10 bits per heavy atom. The van der Waals surface area contributed by atoms with Gasteiger partial charge in [0.25, 0.3) is 0 Å². The molecule has 1 aromatic carbocycles. The third-order valence-electron chi connectivity index (χ3n) is 2.80. The summed E-state index contributed by atoms with van der Waals surface area (Å²) in [5.74, 6) is -1.89. The molecule has 2 aromatic rings. The fourth-order valence-corrected chi connectivity index (χ4v) is 1.79. The molecule has 0 aliphatic heterocycles. The van der Waals surface area contributed by atoms with E-state index in [0.717, 1.165) is 17.5 Å². The van der Waals surface area contributed by atoms with Crippen LogP contribution in [0.5, 0.6) is 0 Å². The monoisotopic (exact) mass is 274 g/mol. The molecule has 0 aliphatic carbocycles. The van der Waals surface area contributed by atoms with Crippen molar-refractivity contribution >= 4 is 12.0 Å². The maximum Gasteiger partial charge on any atom is 0.367 e. The SMILES string of the molecule is CCOC(=O)C(F)=Cc1cnn(-c2ccccc2)c1C. The van der Waals surface area contributed by atoms with Gasteiger partial charge in [0.05, 0.1) is 18.5 Å². The maximum atomic E-state index is 13.6. The van der Waals surface area contributed by atoms with E-state index in [1.807, 2.05) is 37.3 Å². The van der Waals surface area contributed by atoms with Crippen LogP contribution in [-0.4, -0.2) is 22.4 Å². The van der Waals surface area contributed by atoms with E-state index in [-0.39, 0.29) is 6.61 Å². The van der Waals surface area contributed by atoms with Crippen molar-refractivity contribution < 1.29 is 13.9 Å². The lowest BCUT2D eigenvalue weighted by atomic mass is 10.2. The number of esters is 1. The average molecular weight is 274 g/mol. The van der Waals surface area contributed by atoms with Crippen LogP contribution in [0, 0.1) is 6.92 Å². The van der Waals surface area contributed by atoms with Gasteiger partial charge in [-0.3, -0.25) is 0 Å². The predicted octanol–water partition coefficient (Wildman–Crippen LogP) is 3.05. The van der Waals surface area contributed by atoms with Crippen molar-refractivity contribution in [2.75, 3.05) is 6.61 Å². The quantitative estimate of drug-likeness (QED) is 0.635. The van der Waals surface area contributed by atoms with E-state index in [0.29, 0.717) is 5.56 Å². The fourth-order valence-electron chi connectivity index (χ4n) is 1.79. The summed E-state index contributed by atoms with van der Waals surface area (Å²) in [5.41, 5.74) is 2.16. The Hall–Kier alpha value is -2.43. The van der Waals surface area contributed by atoms with Crippen molar-refractivity contribution in [1.82, 2.24) is 9.78 Å². The first-order valence-electron chi connectivity index (χ1n) is 6.28. The molecule has 0 atom stereocenters. The summed E-state index contributed by atoms with van der Waals surface area (Å²) >= 11 is 0. The van der Waals surface area contributed by atoms with Crippen molar-refractivity contribution in [3.8, 4) is 5.69 Å². The molecular weight excluding hydrogens is 259 g/mol. The van der Waals surface area contributed by atoms with E-state index in [1.165, 1.54) is 6.20 Å². The highest BCUT2D eigenvalue weighted by atomic mass is 19.1. The summed E-state index contributed by atoms with van der Waals surface area (Å²) in [6, 6.07) is 9.49. The Balaban J connectivity index is 2.30. The van der Waals surface area contributed by atoms with Crippen LogP contribution in [0.25, 0.3) is 11.8 Å². The van der Waals surface area contributed by atoms with Crippen LogP contribution in [0.4, 0.5) is 4.39 Å². The zero-order valence-electron chi connectivity index (χ0n) is 11.3. The van der Waals surface area contributed by atoms with Crippen LogP contribution in [0.1, 0.15) is 18.2 Å². The van der Waals surface area contributed by atoms with Crippen LogP contribution < -0.4 is 0 Å². The van der Waals surface area contributed by atoms with Gasteiger partial charge in [0.1, 0.15) is 0 Å². The van der Waals surface area contributed by atoms with E-state index in [1.54, 1.807) is 11.6 Å². The van der Waals surface area contributed by atoms with Gasteiger partial charge in [0, 0.05) is 11.3 Å². The smallest absolute Gasteiger partial charge is 0.367 e. The lowest BCUT2D eigenvalue weighted by molar-refractivity contribution is -0.140. The molecule has 0 fully saturated rings. The van der Waals surface area contributed by atoms with Gasteiger partial charge in [-0.05, 0) is 32.1 Å². The molecule has 0 bridgehead atoms. The lowest BCUT2D eigenvalue weighted by Crippen LogP contribution is -2.04. The molecule has 5 heteroatoms. The highest BCUT2D eigenvalue weighted by Crippen LogP contribution is 2.17. The number of ether oxygens (including phenoxy) is 1. The van der Waals surface area contributed by atoms with Gasteiger partial charge >= 0.3 is 5.97 Å². The molecule has 0 amide bonds. The Kier molecular flexibility index (Phi) is 4.30. The third-order valence-corrected chi connectivity index (χ3v) is 2.80. The molecule has 0 saturated carbocycles. The van der Waals surface area contributed by atoms with E-state index >= 15 is 0 Å². The summed E-state index contributed by atoms with van der Waals surface area (Å²) in [4.78, 5) is 11.2. The molecule has 0 saturated heterocycles. The first-order chi connectivity index (χ1) is 9.63. The number of para-hydroxylation sites is 1. The summed E-state index contributed by atoms with van der Waals surface area (Å²) < 4.78 is 19.9. The number of hydrogen-bond donors (Lipinski definition) is 0. The Morgan fingerprint density at radius 3 is 2.75 bits per heavy atom. The molecule has 0 spiro atoms. The molecule has 0 aliphatic rings. The largest absolute Gasteiger partial charge is 0.461 e. The van der Waals surface area contributed by atoms with Crippen molar-refractivity contribution in [3.05, 3.63) is 53.6 Å². The highest BCUT2D eigenvalue weighted by Gasteiger charge is 2.12. The number of hydrogen-bond acceptors (Lipinski definition) is 3. The molecule has 0 N–H and O–H groups in total. The standard InChI is InChI=1S/C15H15FN2O2/c1-3-20-15(19)14(16)9-12-10-17-18(11(12)2)13-7-5-4-6-8-13/h4-10H,3H2,1-2H3. The minimum atomic E-state index is -0.959. The zero-order chi connectivity index (χ0) is 14.5. The molecule has 1 aromatic heterocycles. The van der Waals surface area contributed by atoms with Gasteiger partial charge in [0.15, 0.2) is 0 Å². The molecule has 2 rings (SSSR count). The number of carbonyl (C=O) groups excluding carboxylic acids is 1. The number of benzene rings is 1. The van der Waals surface area contributed by atoms with Crippen LogP contribution in [0.3, 0.4) is 0 Å². The fraction of sp³-hybridized carbons (Fsp3) is 0.200. The van der Waals surface area contributed by atoms with E-state index in [9.17, 15) is 9.18 Å². The summed E-state index contributed by atoms with van der Waals surface area (Å²) in [6.45, 7) is 3.58. The summed E-state index contributed by atoms with van der Waals surface area (Å²) in [6.07, 6.45) is 2.65. The lowest BCUT2D eigenvalue weighted by Gasteiger charge is -2.04. The van der Waals surface area contributed by atoms with Crippen LogP contribution >= 0.6 is 0 Å². The van der Waals surface area contributed by atoms with Crippen molar-refractivity contribution in [3.63, 3.8) is 0 Å². The summed E-state index contributed by atoms with van der Waals surface area (Å²) in [5, 5.41) is 4.20. The van der Waals surface area contributed by atoms with Gasteiger partial charge in [-0.2, -0.15) is 9.49 Å². The number of aromatic nitrogens is 2. The second kappa shape index (κ2) is 6.14. The average Bonchev–Trinajstić information content (AvgIpc) is 2.81. The molecule has 0 unspecified atom stereocenters. The molecule has 4 nitrogen and oxygen atoms in total. The second-order valence-electron chi connectivity index (χ2n) is 4.15.